The van der Waals surface area contributed by atoms with Crippen molar-refractivity contribution in [2.45, 2.75) is 56.3 Å². The maximum absolute atomic E-state index is 13.4. The van der Waals surface area contributed by atoms with Crippen LogP contribution in [0.4, 0.5) is 0 Å². The minimum atomic E-state index is -0.409. The van der Waals surface area contributed by atoms with Crippen molar-refractivity contribution in [2.75, 3.05) is 32.8 Å². The molecule has 0 bridgehead atoms. The van der Waals surface area contributed by atoms with E-state index in [0.29, 0.717) is 18.6 Å². The van der Waals surface area contributed by atoms with E-state index in [0.717, 1.165) is 81.8 Å². The zero-order valence-electron chi connectivity index (χ0n) is 19.0. The molecule has 1 aromatic carbocycles. The lowest BCUT2D eigenvalue weighted by molar-refractivity contribution is -0.148. The van der Waals surface area contributed by atoms with E-state index in [9.17, 15) is 4.79 Å². The number of hydrogen-bond acceptors (Lipinski definition) is 6. The highest BCUT2D eigenvalue weighted by atomic mass is 16.5. The SMILES string of the molecule is O=C([C@H]1CC[C@H]2OCCN[C@@H]2C1)N1CCC2(CC1)OCCc1cnc(-c3ccccc3)nc12. The summed E-state index contributed by atoms with van der Waals surface area (Å²) >= 11 is 0. The number of nitrogens with one attached hydrogen (secondary N) is 1. The molecule has 1 amide bonds. The van der Waals surface area contributed by atoms with E-state index in [2.05, 4.69) is 15.2 Å². The third-order valence-electron chi connectivity index (χ3n) is 7.94. The number of morpholine rings is 1. The molecule has 4 heterocycles. The topological polar surface area (TPSA) is 76.6 Å². The molecule has 4 aliphatic rings. The Kier molecular flexibility index (Phi) is 5.64. The number of carbonyl (C=O) groups excluding carboxylic acids is 1. The van der Waals surface area contributed by atoms with Crippen LogP contribution in [0, 0.1) is 5.92 Å². The standard InChI is InChI=1S/C26H32N4O3/c31-25(19-6-7-22-21(16-19)27-11-15-32-22)30-12-9-26(10-13-30)23-20(8-14-33-26)17-28-24(29-23)18-4-2-1-3-5-18/h1-5,17,19,21-22,27H,6-16H2/t19-,21+,22+/m0/s1. The summed E-state index contributed by atoms with van der Waals surface area (Å²) in [6, 6.07) is 10.4. The van der Waals surface area contributed by atoms with Gasteiger partial charge in [-0.15, -0.1) is 0 Å². The number of nitrogens with zero attached hydrogens (tertiary/aromatic N) is 3. The second-order valence-corrected chi connectivity index (χ2v) is 9.83. The Bertz CT molecular complexity index is 1010. The van der Waals surface area contributed by atoms with Crippen molar-refractivity contribution < 1.29 is 14.3 Å². The molecule has 0 radical (unpaired) electrons. The Balaban J connectivity index is 1.17. The predicted octanol–water partition coefficient (Wildman–Crippen LogP) is 2.69. The molecule has 1 N–H and O–H groups in total. The summed E-state index contributed by atoms with van der Waals surface area (Å²) in [6.45, 7) is 3.80. The summed E-state index contributed by atoms with van der Waals surface area (Å²) in [5.41, 5.74) is 2.82. The molecule has 1 aromatic heterocycles. The normalized spacial score (nSPS) is 28.7. The monoisotopic (exact) mass is 448 g/mol. The Morgan fingerprint density at radius 3 is 2.82 bits per heavy atom. The Morgan fingerprint density at radius 1 is 1.12 bits per heavy atom. The molecule has 7 nitrogen and oxygen atoms in total. The molecule has 1 saturated carbocycles. The largest absolute Gasteiger partial charge is 0.375 e. The van der Waals surface area contributed by atoms with Gasteiger partial charge in [0, 0.05) is 43.4 Å². The molecule has 7 heteroatoms. The summed E-state index contributed by atoms with van der Waals surface area (Å²) in [5, 5.41) is 3.56. The van der Waals surface area contributed by atoms with Gasteiger partial charge in [-0.05, 0) is 44.1 Å². The van der Waals surface area contributed by atoms with Gasteiger partial charge in [-0.1, -0.05) is 30.3 Å². The highest BCUT2D eigenvalue weighted by Crippen LogP contribution is 2.41. The molecule has 0 unspecified atom stereocenters. The number of aromatic nitrogens is 2. The van der Waals surface area contributed by atoms with E-state index < -0.39 is 5.60 Å². The third kappa shape index (κ3) is 3.96. The summed E-state index contributed by atoms with van der Waals surface area (Å²) < 4.78 is 12.3. The molecule has 33 heavy (non-hydrogen) atoms. The summed E-state index contributed by atoms with van der Waals surface area (Å²) in [4.78, 5) is 25.1. The van der Waals surface area contributed by atoms with Gasteiger partial charge in [0.2, 0.25) is 5.91 Å². The molecule has 1 spiro atoms. The van der Waals surface area contributed by atoms with Crippen molar-refractivity contribution in [1.82, 2.24) is 20.2 Å². The summed E-state index contributed by atoms with van der Waals surface area (Å²) in [5.74, 6) is 1.15. The van der Waals surface area contributed by atoms with Crippen LogP contribution in [0.5, 0.6) is 0 Å². The van der Waals surface area contributed by atoms with Crippen LogP contribution in [-0.2, 0) is 26.3 Å². The Hall–Kier alpha value is -2.35. The van der Waals surface area contributed by atoms with Gasteiger partial charge in [0.15, 0.2) is 5.82 Å². The first kappa shape index (κ1) is 21.2. The number of rotatable bonds is 2. The highest BCUT2D eigenvalue weighted by Gasteiger charge is 2.45. The quantitative estimate of drug-likeness (QED) is 0.761. The fourth-order valence-electron chi connectivity index (χ4n) is 6.10. The highest BCUT2D eigenvalue weighted by molar-refractivity contribution is 5.79. The van der Waals surface area contributed by atoms with Gasteiger partial charge >= 0.3 is 0 Å². The molecule has 1 aliphatic carbocycles. The van der Waals surface area contributed by atoms with Crippen LogP contribution in [0.25, 0.3) is 11.4 Å². The lowest BCUT2D eigenvalue weighted by Gasteiger charge is -2.45. The van der Waals surface area contributed by atoms with Gasteiger partial charge in [0.05, 0.1) is 25.0 Å². The second-order valence-electron chi connectivity index (χ2n) is 9.83. The van der Waals surface area contributed by atoms with Gasteiger partial charge in [0.1, 0.15) is 5.60 Å². The molecule has 3 atom stereocenters. The number of ether oxygens (including phenoxy) is 2. The van der Waals surface area contributed by atoms with Crippen LogP contribution < -0.4 is 5.32 Å². The van der Waals surface area contributed by atoms with Gasteiger partial charge < -0.3 is 19.7 Å². The summed E-state index contributed by atoms with van der Waals surface area (Å²) in [6.07, 6.45) is 7.46. The number of carbonyl (C=O) groups is 1. The minimum absolute atomic E-state index is 0.0982. The van der Waals surface area contributed by atoms with Crippen molar-refractivity contribution >= 4 is 5.91 Å². The first-order valence-electron chi connectivity index (χ1n) is 12.4. The first-order valence-corrected chi connectivity index (χ1v) is 12.4. The molecule has 174 valence electrons. The van der Waals surface area contributed by atoms with Gasteiger partial charge in [-0.25, -0.2) is 9.97 Å². The molecule has 2 saturated heterocycles. The number of hydrogen-bond donors (Lipinski definition) is 1. The first-order chi connectivity index (χ1) is 16.2. The van der Waals surface area contributed by atoms with E-state index in [4.69, 9.17) is 14.5 Å². The maximum Gasteiger partial charge on any atom is 0.225 e. The number of amides is 1. The fourth-order valence-corrected chi connectivity index (χ4v) is 6.10. The van der Waals surface area contributed by atoms with Crippen molar-refractivity contribution in [3.63, 3.8) is 0 Å². The van der Waals surface area contributed by atoms with Crippen LogP contribution in [0.2, 0.25) is 0 Å². The van der Waals surface area contributed by atoms with Crippen molar-refractivity contribution in [3.8, 4) is 11.4 Å². The lowest BCUT2D eigenvalue weighted by Crippen LogP contribution is -2.55. The fraction of sp³-hybridized carbons (Fsp3) is 0.577. The zero-order valence-corrected chi connectivity index (χ0v) is 19.0. The van der Waals surface area contributed by atoms with Crippen LogP contribution >= 0.6 is 0 Å². The molecule has 3 aliphatic heterocycles. The van der Waals surface area contributed by atoms with E-state index >= 15 is 0 Å². The molecule has 3 fully saturated rings. The van der Waals surface area contributed by atoms with Crippen molar-refractivity contribution in [1.29, 1.82) is 0 Å². The van der Waals surface area contributed by atoms with Gasteiger partial charge in [-0.2, -0.15) is 0 Å². The number of fused-ring (bicyclic) bond motifs is 3. The van der Waals surface area contributed by atoms with E-state index in [1.54, 1.807) is 0 Å². The van der Waals surface area contributed by atoms with Crippen molar-refractivity contribution in [2.24, 2.45) is 5.92 Å². The van der Waals surface area contributed by atoms with Gasteiger partial charge in [-0.3, -0.25) is 4.79 Å². The van der Waals surface area contributed by atoms with Crippen LogP contribution in [0.15, 0.2) is 36.5 Å². The van der Waals surface area contributed by atoms with Crippen molar-refractivity contribution in [3.05, 3.63) is 47.8 Å². The third-order valence-corrected chi connectivity index (χ3v) is 7.94. The van der Waals surface area contributed by atoms with E-state index in [1.165, 1.54) is 5.56 Å². The number of piperidine rings is 1. The zero-order chi connectivity index (χ0) is 22.3. The molecular weight excluding hydrogens is 416 g/mol. The average Bonchev–Trinajstić information content (AvgIpc) is 2.89. The maximum atomic E-state index is 13.4. The van der Waals surface area contributed by atoms with Crippen LogP contribution in [0.3, 0.4) is 0 Å². The van der Waals surface area contributed by atoms with E-state index in [1.807, 2.05) is 36.5 Å². The molecule has 6 rings (SSSR count). The predicted molar refractivity (Wildman–Crippen MR) is 123 cm³/mol. The van der Waals surface area contributed by atoms with Crippen LogP contribution in [-0.4, -0.2) is 65.8 Å². The Morgan fingerprint density at radius 2 is 1.97 bits per heavy atom. The number of likely N-dealkylation sites (tertiary alicyclic amines) is 1. The van der Waals surface area contributed by atoms with Gasteiger partial charge in [0.25, 0.3) is 0 Å². The number of benzene rings is 1. The van der Waals surface area contributed by atoms with Crippen LogP contribution in [0.1, 0.15) is 43.4 Å². The lowest BCUT2D eigenvalue weighted by atomic mass is 9.80. The smallest absolute Gasteiger partial charge is 0.225 e. The minimum Gasteiger partial charge on any atom is -0.375 e. The van der Waals surface area contributed by atoms with E-state index in [-0.39, 0.29) is 12.0 Å². The summed E-state index contributed by atoms with van der Waals surface area (Å²) in [7, 11) is 0. The Labute approximate surface area is 194 Å². The molecular formula is C26H32N4O3. The molecule has 2 aromatic rings. The second kappa shape index (κ2) is 8.78. The average molecular weight is 449 g/mol.